The van der Waals surface area contributed by atoms with Crippen molar-refractivity contribution in [2.75, 3.05) is 26.5 Å². The van der Waals surface area contributed by atoms with Crippen molar-refractivity contribution in [2.24, 2.45) is 5.92 Å². The van der Waals surface area contributed by atoms with Gasteiger partial charge in [-0.25, -0.2) is 9.78 Å². The summed E-state index contributed by atoms with van der Waals surface area (Å²) in [6.45, 7) is 0.854. The molecule has 0 radical (unpaired) electrons. The molecule has 2 aromatic carbocycles. The number of carbonyl (C=O) groups excluding carboxylic acids is 3. The molecular weight excluding hydrogens is 589 g/mol. The lowest BCUT2D eigenvalue weighted by atomic mass is 9.95. The van der Waals surface area contributed by atoms with Gasteiger partial charge in [0.2, 0.25) is 11.8 Å². The third-order valence-electron chi connectivity index (χ3n) is 6.67. The molecule has 0 spiro atoms. The highest BCUT2D eigenvalue weighted by atomic mass is 35.5. The van der Waals surface area contributed by atoms with E-state index in [0.29, 0.717) is 47.2 Å². The lowest BCUT2D eigenvalue weighted by Gasteiger charge is -2.31. The molecule has 1 aliphatic rings. The summed E-state index contributed by atoms with van der Waals surface area (Å²) in [7, 11) is 1.30. The van der Waals surface area contributed by atoms with Gasteiger partial charge in [0, 0.05) is 47.3 Å². The van der Waals surface area contributed by atoms with Crippen molar-refractivity contribution in [3.8, 4) is 10.6 Å². The Bertz CT molecular complexity index is 1390. The van der Waals surface area contributed by atoms with Crippen LogP contribution < -0.4 is 5.32 Å². The number of thioether (sulfide) groups is 1. The molecule has 7 nitrogen and oxygen atoms in total. The molecule has 1 saturated heterocycles. The zero-order valence-electron chi connectivity index (χ0n) is 22.1. The molecule has 1 unspecified atom stereocenters. The van der Waals surface area contributed by atoms with Crippen molar-refractivity contribution in [3.05, 3.63) is 75.2 Å². The van der Waals surface area contributed by atoms with Crippen LogP contribution in [0.3, 0.4) is 0 Å². The number of ether oxygens (including phenoxy) is 1. The second kappa shape index (κ2) is 14.2. The molecule has 3 aromatic rings. The summed E-state index contributed by atoms with van der Waals surface area (Å²) in [5.41, 5.74) is 2.36. The number of amides is 2. The maximum absolute atomic E-state index is 13.1. The zero-order chi connectivity index (χ0) is 28.6. The quantitative estimate of drug-likeness (QED) is 0.180. The van der Waals surface area contributed by atoms with E-state index in [1.165, 1.54) is 36.3 Å². The van der Waals surface area contributed by atoms with E-state index in [-0.39, 0.29) is 24.2 Å². The lowest BCUT2D eigenvalue weighted by molar-refractivity contribution is -0.145. The third kappa shape index (κ3) is 7.46. The van der Waals surface area contributed by atoms with Gasteiger partial charge in [0.05, 0.1) is 22.8 Å². The fraction of sp³-hybridized carbons (Fsp3) is 0.310. The highest BCUT2D eigenvalue weighted by molar-refractivity contribution is 7.98. The van der Waals surface area contributed by atoms with Gasteiger partial charge in [-0.05, 0) is 36.8 Å². The van der Waals surface area contributed by atoms with Crippen LogP contribution in [0.2, 0.25) is 10.0 Å². The largest absolute Gasteiger partial charge is 0.467 e. The standard InChI is InChI=1S/C29H29Cl2N3O4S2/c1-38-29(37)22(16-21-17-40-28(32-21)20-6-4-3-5-7-20)33-27(36)19-12-14-34(15-13-19)24(35)11-9-18-8-10-23(39-2)26(31)25(18)30/h3-11,17,19,22H,12-16H2,1-2H3,(H,33,36). The average molecular weight is 619 g/mol. The molecule has 1 aromatic heterocycles. The Morgan fingerprint density at radius 1 is 1.15 bits per heavy atom. The van der Waals surface area contributed by atoms with Crippen LogP contribution in [0.25, 0.3) is 16.6 Å². The first-order valence-corrected chi connectivity index (χ1v) is 15.5. The minimum Gasteiger partial charge on any atom is -0.467 e. The Labute approximate surface area is 251 Å². The number of rotatable bonds is 9. The van der Waals surface area contributed by atoms with Crippen molar-refractivity contribution in [1.82, 2.24) is 15.2 Å². The van der Waals surface area contributed by atoms with Crippen LogP contribution in [0.1, 0.15) is 24.1 Å². The van der Waals surface area contributed by atoms with Gasteiger partial charge in [0.25, 0.3) is 0 Å². The molecule has 11 heteroatoms. The number of esters is 1. The summed E-state index contributed by atoms with van der Waals surface area (Å²) in [5.74, 6) is -1.23. The summed E-state index contributed by atoms with van der Waals surface area (Å²) < 4.78 is 4.95. The molecule has 1 N–H and O–H groups in total. The van der Waals surface area contributed by atoms with Gasteiger partial charge in [-0.3, -0.25) is 9.59 Å². The predicted molar refractivity (Wildman–Crippen MR) is 162 cm³/mol. The van der Waals surface area contributed by atoms with Crippen LogP contribution >= 0.6 is 46.3 Å². The van der Waals surface area contributed by atoms with Crippen LogP contribution in [0.15, 0.2) is 58.8 Å². The van der Waals surface area contributed by atoms with Gasteiger partial charge >= 0.3 is 5.97 Å². The first kappa shape index (κ1) is 30.1. The van der Waals surface area contributed by atoms with Crippen molar-refractivity contribution in [1.29, 1.82) is 0 Å². The van der Waals surface area contributed by atoms with E-state index in [1.54, 1.807) is 11.0 Å². The molecule has 1 fully saturated rings. The monoisotopic (exact) mass is 617 g/mol. The molecule has 1 atom stereocenters. The van der Waals surface area contributed by atoms with Gasteiger partial charge < -0.3 is 15.0 Å². The number of halogens is 2. The second-order valence-electron chi connectivity index (χ2n) is 9.22. The normalized spacial score (nSPS) is 14.8. The van der Waals surface area contributed by atoms with E-state index in [2.05, 4.69) is 10.3 Å². The van der Waals surface area contributed by atoms with Crippen molar-refractivity contribution >= 4 is 70.2 Å². The Balaban J connectivity index is 1.32. The minimum atomic E-state index is -0.847. The van der Waals surface area contributed by atoms with Crippen molar-refractivity contribution in [2.45, 2.75) is 30.2 Å². The Kier molecular flexibility index (Phi) is 10.7. The number of methoxy groups -OCH3 is 1. The summed E-state index contributed by atoms with van der Waals surface area (Å²) in [6, 6.07) is 12.6. The Morgan fingerprint density at radius 3 is 2.55 bits per heavy atom. The molecule has 40 heavy (non-hydrogen) atoms. The number of piperidine rings is 1. The number of carbonyl (C=O) groups is 3. The minimum absolute atomic E-state index is 0.162. The maximum Gasteiger partial charge on any atom is 0.328 e. The fourth-order valence-corrected chi connectivity index (χ4v) is 6.42. The van der Waals surface area contributed by atoms with Crippen LogP contribution in [0.5, 0.6) is 0 Å². The number of likely N-dealkylation sites (tertiary alicyclic amines) is 1. The van der Waals surface area contributed by atoms with Crippen molar-refractivity contribution < 1.29 is 19.1 Å². The number of nitrogens with zero attached hydrogens (tertiary/aromatic N) is 2. The highest BCUT2D eigenvalue weighted by Crippen LogP contribution is 2.35. The second-order valence-corrected chi connectivity index (χ2v) is 11.7. The summed E-state index contributed by atoms with van der Waals surface area (Å²) in [5, 5.41) is 6.46. The van der Waals surface area contributed by atoms with E-state index in [4.69, 9.17) is 27.9 Å². The van der Waals surface area contributed by atoms with Crippen molar-refractivity contribution in [3.63, 3.8) is 0 Å². The van der Waals surface area contributed by atoms with Crippen LogP contribution in [-0.2, 0) is 25.5 Å². The number of hydrogen-bond donors (Lipinski definition) is 1. The maximum atomic E-state index is 13.1. The zero-order valence-corrected chi connectivity index (χ0v) is 25.2. The molecule has 0 aliphatic carbocycles. The molecule has 4 rings (SSSR count). The lowest BCUT2D eigenvalue weighted by Crippen LogP contribution is -2.48. The summed E-state index contributed by atoms with van der Waals surface area (Å²) in [6.07, 6.45) is 6.25. The molecule has 2 amide bonds. The topological polar surface area (TPSA) is 88.6 Å². The van der Waals surface area contributed by atoms with E-state index in [9.17, 15) is 14.4 Å². The number of aromatic nitrogens is 1. The molecule has 210 valence electrons. The predicted octanol–water partition coefficient (Wildman–Crippen LogP) is 5.99. The molecular formula is C29H29Cl2N3O4S2. The first-order chi connectivity index (χ1) is 19.3. The Hall–Kier alpha value is -2.85. The molecule has 2 heterocycles. The third-order valence-corrected chi connectivity index (χ3v) is 9.40. The first-order valence-electron chi connectivity index (χ1n) is 12.7. The fourth-order valence-electron chi connectivity index (χ4n) is 4.41. The van der Waals surface area contributed by atoms with E-state index in [1.807, 2.05) is 54.1 Å². The molecule has 0 bridgehead atoms. The number of nitrogens with one attached hydrogen (secondary N) is 1. The van der Waals surface area contributed by atoms with Gasteiger partial charge in [-0.15, -0.1) is 23.1 Å². The number of thiazole rings is 1. The van der Waals surface area contributed by atoms with E-state index < -0.39 is 12.0 Å². The van der Waals surface area contributed by atoms with Gasteiger partial charge in [0.15, 0.2) is 0 Å². The molecule has 1 aliphatic heterocycles. The van der Waals surface area contributed by atoms with Gasteiger partial charge in [0.1, 0.15) is 11.0 Å². The highest BCUT2D eigenvalue weighted by Gasteiger charge is 2.30. The van der Waals surface area contributed by atoms with Crippen LogP contribution in [-0.4, -0.2) is 60.2 Å². The SMILES string of the molecule is COC(=O)C(Cc1csc(-c2ccccc2)n1)NC(=O)C1CCN(C(=O)C=Cc2ccc(SC)c(Cl)c2Cl)CC1. The van der Waals surface area contributed by atoms with Gasteiger partial charge in [-0.1, -0.05) is 59.6 Å². The molecule has 0 saturated carbocycles. The number of hydrogen-bond acceptors (Lipinski definition) is 7. The number of benzene rings is 2. The summed E-state index contributed by atoms with van der Waals surface area (Å²) >= 11 is 15.6. The Morgan fingerprint density at radius 2 is 1.88 bits per heavy atom. The van der Waals surface area contributed by atoms with Gasteiger partial charge in [-0.2, -0.15) is 0 Å². The van der Waals surface area contributed by atoms with E-state index >= 15 is 0 Å². The smallest absolute Gasteiger partial charge is 0.328 e. The van der Waals surface area contributed by atoms with Crippen LogP contribution in [0.4, 0.5) is 0 Å². The average Bonchev–Trinajstić information content (AvgIpc) is 3.46. The summed E-state index contributed by atoms with van der Waals surface area (Å²) in [4.78, 5) is 45.5. The van der Waals surface area contributed by atoms with Crippen LogP contribution in [0, 0.1) is 5.92 Å². The van der Waals surface area contributed by atoms with E-state index in [0.717, 1.165) is 15.5 Å².